The monoisotopic (exact) mass is 293 g/mol. The fraction of sp³-hybridized carbons (Fsp3) is 0.357. The van der Waals surface area contributed by atoms with Crippen LogP contribution in [0.2, 0.25) is 0 Å². The maximum atomic E-state index is 12.1. The van der Waals surface area contributed by atoms with E-state index >= 15 is 0 Å². The van der Waals surface area contributed by atoms with Crippen LogP contribution in [0.3, 0.4) is 0 Å². The minimum Gasteiger partial charge on any atom is -0.282 e. The topological polar surface area (TPSA) is 74.8 Å². The van der Waals surface area contributed by atoms with Gasteiger partial charge in [0, 0.05) is 17.8 Å². The van der Waals surface area contributed by atoms with Crippen LogP contribution in [0, 0.1) is 20.8 Å². The zero-order valence-corrected chi connectivity index (χ0v) is 12.7. The maximum Gasteiger partial charge on any atom is 0.216 e. The minimum absolute atomic E-state index is 0.00930. The Morgan fingerprint density at radius 1 is 1.25 bits per heavy atom. The number of rotatable bonds is 5. The van der Waals surface area contributed by atoms with Gasteiger partial charge < -0.3 is 0 Å². The fourth-order valence-electron chi connectivity index (χ4n) is 2.09. The van der Waals surface area contributed by atoms with Gasteiger partial charge in [0.2, 0.25) is 10.0 Å². The van der Waals surface area contributed by atoms with Crippen LogP contribution in [-0.4, -0.2) is 18.6 Å². The second kappa shape index (κ2) is 5.76. The van der Waals surface area contributed by atoms with Gasteiger partial charge in [0.05, 0.1) is 11.4 Å². The molecular weight excluding hydrogens is 274 g/mol. The summed E-state index contributed by atoms with van der Waals surface area (Å²) in [5.41, 5.74) is 4.46. The molecule has 1 heterocycles. The van der Waals surface area contributed by atoms with Gasteiger partial charge in [-0.15, -0.1) is 0 Å². The van der Waals surface area contributed by atoms with Crippen molar-refractivity contribution in [1.82, 2.24) is 14.9 Å². The summed E-state index contributed by atoms with van der Waals surface area (Å²) in [5, 5.41) is 6.90. The number of aryl methyl sites for hydroxylation is 3. The van der Waals surface area contributed by atoms with Gasteiger partial charge in [-0.2, -0.15) is 5.10 Å². The molecule has 0 atom stereocenters. The zero-order chi connectivity index (χ0) is 14.8. The Hall–Kier alpha value is -1.66. The molecule has 0 saturated carbocycles. The number of nitrogens with zero attached hydrogens (tertiary/aromatic N) is 1. The number of hydrogen-bond acceptors (Lipinski definition) is 3. The molecule has 0 spiro atoms. The molecule has 0 aliphatic heterocycles. The van der Waals surface area contributed by atoms with Gasteiger partial charge in [0.25, 0.3) is 0 Å². The van der Waals surface area contributed by atoms with Gasteiger partial charge >= 0.3 is 0 Å². The van der Waals surface area contributed by atoms with Gasteiger partial charge in [-0.05, 0) is 26.3 Å². The van der Waals surface area contributed by atoms with Gasteiger partial charge in [-0.3, -0.25) is 5.10 Å². The van der Waals surface area contributed by atoms with Crippen molar-refractivity contribution in [3.8, 4) is 0 Å². The number of sulfonamides is 1. The Labute approximate surface area is 119 Å². The molecule has 0 aliphatic rings. The van der Waals surface area contributed by atoms with E-state index in [2.05, 4.69) is 14.9 Å². The average Bonchev–Trinajstić information content (AvgIpc) is 2.66. The van der Waals surface area contributed by atoms with Crippen molar-refractivity contribution in [1.29, 1.82) is 0 Å². The highest BCUT2D eigenvalue weighted by Gasteiger charge is 2.14. The molecule has 0 fully saturated rings. The highest BCUT2D eigenvalue weighted by Crippen LogP contribution is 2.11. The van der Waals surface area contributed by atoms with E-state index in [9.17, 15) is 8.42 Å². The number of benzene rings is 1. The molecule has 0 amide bonds. The Kier molecular flexibility index (Phi) is 4.25. The summed E-state index contributed by atoms with van der Waals surface area (Å²) in [6, 6.07) is 7.51. The molecule has 20 heavy (non-hydrogen) atoms. The molecule has 0 bridgehead atoms. The first kappa shape index (κ1) is 14.7. The van der Waals surface area contributed by atoms with Crippen LogP contribution in [0.5, 0.6) is 0 Å². The second-order valence-electron chi connectivity index (χ2n) is 4.98. The Morgan fingerprint density at radius 2 is 2.00 bits per heavy atom. The molecule has 2 rings (SSSR count). The molecule has 108 valence electrons. The van der Waals surface area contributed by atoms with E-state index in [1.165, 1.54) is 0 Å². The van der Waals surface area contributed by atoms with Crippen LogP contribution >= 0.6 is 0 Å². The summed E-state index contributed by atoms with van der Waals surface area (Å²) >= 11 is 0. The molecule has 6 heteroatoms. The Balaban J connectivity index is 2.05. The molecule has 0 saturated heterocycles. The van der Waals surface area contributed by atoms with E-state index in [0.717, 1.165) is 28.1 Å². The van der Waals surface area contributed by atoms with E-state index in [1.54, 1.807) is 0 Å². The third kappa shape index (κ3) is 3.68. The van der Waals surface area contributed by atoms with Crippen LogP contribution in [0.4, 0.5) is 0 Å². The predicted molar refractivity (Wildman–Crippen MR) is 78.7 cm³/mol. The minimum atomic E-state index is -3.35. The zero-order valence-electron chi connectivity index (χ0n) is 11.9. The SMILES string of the molecule is Cc1cccc(CS(=O)(=O)NCc2c(C)n[nH]c2C)c1. The van der Waals surface area contributed by atoms with Crippen molar-refractivity contribution < 1.29 is 8.42 Å². The summed E-state index contributed by atoms with van der Waals surface area (Å²) in [6.45, 7) is 5.95. The van der Waals surface area contributed by atoms with Gasteiger partial charge in [0.15, 0.2) is 0 Å². The number of H-pyrrole nitrogens is 1. The predicted octanol–water partition coefficient (Wildman–Crippen LogP) is 1.95. The van der Waals surface area contributed by atoms with Crippen LogP contribution in [0.15, 0.2) is 24.3 Å². The van der Waals surface area contributed by atoms with E-state index in [0.29, 0.717) is 0 Å². The third-order valence-electron chi connectivity index (χ3n) is 3.19. The van der Waals surface area contributed by atoms with E-state index in [1.807, 2.05) is 45.0 Å². The summed E-state index contributed by atoms with van der Waals surface area (Å²) in [6.07, 6.45) is 0. The lowest BCUT2D eigenvalue weighted by atomic mass is 10.2. The molecule has 0 radical (unpaired) electrons. The number of hydrogen-bond donors (Lipinski definition) is 2. The van der Waals surface area contributed by atoms with Crippen LogP contribution in [0.25, 0.3) is 0 Å². The molecule has 1 aromatic carbocycles. The number of aromatic amines is 1. The summed E-state index contributed by atoms with van der Waals surface area (Å²) in [7, 11) is -3.35. The molecule has 2 N–H and O–H groups in total. The second-order valence-corrected chi connectivity index (χ2v) is 6.79. The van der Waals surface area contributed by atoms with Gasteiger partial charge in [-0.25, -0.2) is 13.1 Å². The molecule has 1 aromatic heterocycles. The first-order chi connectivity index (χ1) is 9.37. The first-order valence-corrected chi connectivity index (χ1v) is 8.06. The summed E-state index contributed by atoms with van der Waals surface area (Å²) in [5.74, 6) is -0.00930. The Morgan fingerprint density at radius 3 is 2.60 bits per heavy atom. The molecule has 0 aliphatic carbocycles. The normalized spacial score (nSPS) is 11.8. The quantitative estimate of drug-likeness (QED) is 0.885. The Bertz CT molecular complexity index is 685. The molecule has 5 nitrogen and oxygen atoms in total. The number of nitrogens with one attached hydrogen (secondary N) is 2. The largest absolute Gasteiger partial charge is 0.282 e. The van der Waals surface area contributed by atoms with Gasteiger partial charge in [-0.1, -0.05) is 29.8 Å². The molecular formula is C14H19N3O2S. The standard InChI is InChI=1S/C14H19N3O2S/c1-10-5-4-6-13(7-10)9-20(18,19)15-8-14-11(2)16-17-12(14)3/h4-7,15H,8-9H2,1-3H3,(H,16,17). The molecule has 0 unspecified atom stereocenters. The average molecular weight is 293 g/mol. The first-order valence-electron chi connectivity index (χ1n) is 6.41. The number of aromatic nitrogens is 2. The van der Waals surface area contributed by atoms with Crippen molar-refractivity contribution in [2.45, 2.75) is 33.1 Å². The van der Waals surface area contributed by atoms with Crippen molar-refractivity contribution in [3.05, 3.63) is 52.3 Å². The third-order valence-corrected chi connectivity index (χ3v) is 4.49. The van der Waals surface area contributed by atoms with Crippen molar-refractivity contribution in [2.75, 3.05) is 0 Å². The molecule has 2 aromatic rings. The lowest BCUT2D eigenvalue weighted by molar-refractivity contribution is 0.580. The van der Waals surface area contributed by atoms with Crippen LogP contribution in [0.1, 0.15) is 28.1 Å². The fourth-order valence-corrected chi connectivity index (χ4v) is 3.17. The van der Waals surface area contributed by atoms with E-state index in [4.69, 9.17) is 0 Å². The summed E-state index contributed by atoms with van der Waals surface area (Å²) in [4.78, 5) is 0. The highest BCUT2D eigenvalue weighted by atomic mass is 32.2. The lowest BCUT2D eigenvalue weighted by Gasteiger charge is -2.07. The lowest BCUT2D eigenvalue weighted by Crippen LogP contribution is -2.25. The van der Waals surface area contributed by atoms with Gasteiger partial charge in [0.1, 0.15) is 0 Å². The summed E-state index contributed by atoms with van der Waals surface area (Å²) < 4.78 is 26.8. The van der Waals surface area contributed by atoms with Crippen molar-refractivity contribution in [3.63, 3.8) is 0 Å². The van der Waals surface area contributed by atoms with E-state index in [-0.39, 0.29) is 12.3 Å². The maximum absolute atomic E-state index is 12.1. The smallest absolute Gasteiger partial charge is 0.216 e. The van der Waals surface area contributed by atoms with E-state index < -0.39 is 10.0 Å². The van der Waals surface area contributed by atoms with Crippen molar-refractivity contribution in [2.24, 2.45) is 0 Å². The van der Waals surface area contributed by atoms with Crippen LogP contribution < -0.4 is 4.72 Å². The van der Waals surface area contributed by atoms with Crippen molar-refractivity contribution >= 4 is 10.0 Å². The van der Waals surface area contributed by atoms with Crippen LogP contribution in [-0.2, 0) is 22.3 Å². The highest BCUT2D eigenvalue weighted by molar-refractivity contribution is 7.88.